The number of phenols is 1. The smallest absolute Gasteiger partial charge is 0.166 e. The van der Waals surface area contributed by atoms with Gasteiger partial charge in [-0.05, 0) is 19.2 Å². The van der Waals surface area contributed by atoms with Crippen LogP contribution >= 0.6 is 15.9 Å². The predicted octanol–water partition coefficient (Wildman–Crippen LogP) is 2.53. The molecule has 14 heavy (non-hydrogen) atoms. The van der Waals surface area contributed by atoms with Crippen molar-refractivity contribution in [1.29, 1.82) is 0 Å². The molecule has 0 aromatic heterocycles. The standard InChI is InChI=1S/C10H11BrFNO/c1-13-4-2-3-7-5-8(11)6-9(12)10(7)14/h2-3,5-6,13-14H,4H2,1H3. The van der Waals surface area contributed by atoms with E-state index < -0.39 is 5.82 Å². The van der Waals surface area contributed by atoms with E-state index in [9.17, 15) is 9.50 Å². The molecule has 0 unspecified atom stereocenters. The van der Waals surface area contributed by atoms with Crippen LogP contribution in [0.15, 0.2) is 22.7 Å². The van der Waals surface area contributed by atoms with Crippen molar-refractivity contribution in [1.82, 2.24) is 5.32 Å². The second-order valence-electron chi connectivity index (χ2n) is 2.79. The fourth-order valence-corrected chi connectivity index (χ4v) is 1.46. The number of hydrogen-bond acceptors (Lipinski definition) is 2. The van der Waals surface area contributed by atoms with Gasteiger partial charge < -0.3 is 10.4 Å². The van der Waals surface area contributed by atoms with Crippen LogP contribution in [0.2, 0.25) is 0 Å². The van der Waals surface area contributed by atoms with Crippen molar-refractivity contribution in [3.63, 3.8) is 0 Å². The van der Waals surface area contributed by atoms with E-state index in [4.69, 9.17) is 0 Å². The molecule has 0 atom stereocenters. The molecule has 0 bridgehead atoms. The third-order valence-electron chi connectivity index (χ3n) is 1.68. The van der Waals surface area contributed by atoms with E-state index in [-0.39, 0.29) is 5.75 Å². The van der Waals surface area contributed by atoms with Gasteiger partial charge in [-0.25, -0.2) is 4.39 Å². The minimum absolute atomic E-state index is 0.319. The molecule has 76 valence electrons. The van der Waals surface area contributed by atoms with Crippen molar-refractivity contribution in [3.05, 3.63) is 34.1 Å². The van der Waals surface area contributed by atoms with Gasteiger partial charge in [0.25, 0.3) is 0 Å². The second kappa shape index (κ2) is 5.12. The molecule has 0 aliphatic carbocycles. The lowest BCUT2D eigenvalue weighted by Crippen LogP contribution is -2.03. The zero-order valence-corrected chi connectivity index (χ0v) is 9.31. The highest BCUT2D eigenvalue weighted by Gasteiger charge is 2.05. The number of hydrogen-bond donors (Lipinski definition) is 2. The third kappa shape index (κ3) is 2.82. The van der Waals surface area contributed by atoms with Gasteiger partial charge in [0.15, 0.2) is 11.6 Å². The van der Waals surface area contributed by atoms with Gasteiger partial charge in [0, 0.05) is 16.6 Å². The molecule has 1 aromatic rings. The average Bonchev–Trinajstić information content (AvgIpc) is 2.13. The molecule has 2 nitrogen and oxygen atoms in total. The first-order chi connectivity index (χ1) is 6.65. The lowest BCUT2D eigenvalue weighted by atomic mass is 10.2. The number of rotatable bonds is 3. The summed E-state index contributed by atoms with van der Waals surface area (Å²) < 4.78 is 13.6. The third-order valence-corrected chi connectivity index (χ3v) is 2.13. The molecule has 0 aliphatic rings. The molecule has 0 saturated carbocycles. The van der Waals surface area contributed by atoms with Gasteiger partial charge in [0.05, 0.1) is 0 Å². The Morgan fingerprint density at radius 2 is 2.29 bits per heavy atom. The summed E-state index contributed by atoms with van der Waals surface area (Å²) in [5, 5.41) is 12.3. The van der Waals surface area contributed by atoms with Crippen LogP contribution < -0.4 is 5.32 Å². The highest BCUT2D eigenvalue weighted by Crippen LogP contribution is 2.26. The molecule has 0 spiro atoms. The molecule has 1 rings (SSSR count). The van der Waals surface area contributed by atoms with Gasteiger partial charge in [0.1, 0.15) is 0 Å². The quantitative estimate of drug-likeness (QED) is 0.875. The van der Waals surface area contributed by atoms with Gasteiger partial charge in [0.2, 0.25) is 0 Å². The largest absolute Gasteiger partial charge is 0.504 e. The summed E-state index contributed by atoms with van der Waals surface area (Å²) in [4.78, 5) is 0. The Kier molecular flexibility index (Phi) is 4.10. The number of nitrogens with one attached hydrogen (secondary N) is 1. The lowest BCUT2D eigenvalue weighted by Gasteiger charge is -2.01. The molecule has 2 N–H and O–H groups in total. The SMILES string of the molecule is CNCC=Cc1cc(Br)cc(F)c1O. The molecule has 4 heteroatoms. The Labute approximate surface area is 90.6 Å². The highest BCUT2D eigenvalue weighted by atomic mass is 79.9. The predicted molar refractivity (Wildman–Crippen MR) is 58.7 cm³/mol. The van der Waals surface area contributed by atoms with Crippen molar-refractivity contribution < 1.29 is 9.50 Å². The number of benzene rings is 1. The molecule has 0 aliphatic heterocycles. The van der Waals surface area contributed by atoms with Crippen molar-refractivity contribution >= 4 is 22.0 Å². The van der Waals surface area contributed by atoms with Crippen LogP contribution in [0, 0.1) is 5.82 Å². The van der Waals surface area contributed by atoms with E-state index in [1.807, 2.05) is 7.05 Å². The van der Waals surface area contributed by atoms with Crippen LogP contribution in [0.4, 0.5) is 4.39 Å². The van der Waals surface area contributed by atoms with Gasteiger partial charge in [-0.3, -0.25) is 0 Å². The average molecular weight is 260 g/mol. The van der Waals surface area contributed by atoms with Crippen LogP contribution in [0.5, 0.6) is 5.75 Å². The normalized spacial score (nSPS) is 11.1. The first-order valence-electron chi connectivity index (χ1n) is 4.14. The monoisotopic (exact) mass is 259 g/mol. The molecule has 0 radical (unpaired) electrons. The van der Waals surface area contributed by atoms with Crippen LogP contribution in [0.25, 0.3) is 6.08 Å². The van der Waals surface area contributed by atoms with Crippen LogP contribution in [0.3, 0.4) is 0 Å². The number of aromatic hydroxyl groups is 1. The Morgan fingerprint density at radius 3 is 2.93 bits per heavy atom. The summed E-state index contributed by atoms with van der Waals surface area (Å²) in [6.45, 7) is 0.674. The van der Waals surface area contributed by atoms with Crippen molar-refractivity contribution in [2.24, 2.45) is 0 Å². The van der Waals surface area contributed by atoms with Gasteiger partial charge in [-0.1, -0.05) is 28.1 Å². The molecular formula is C10H11BrFNO. The maximum atomic E-state index is 13.0. The van der Waals surface area contributed by atoms with E-state index in [1.54, 1.807) is 18.2 Å². The maximum absolute atomic E-state index is 13.0. The summed E-state index contributed by atoms with van der Waals surface area (Å²) in [5.74, 6) is -0.941. The second-order valence-corrected chi connectivity index (χ2v) is 3.70. The fourth-order valence-electron chi connectivity index (χ4n) is 1.02. The Morgan fingerprint density at radius 1 is 1.57 bits per heavy atom. The van der Waals surface area contributed by atoms with Crippen molar-refractivity contribution in [2.75, 3.05) is 13.6 Å². The molecule has 0 heterocycles. The van der Waals surface area contributed by atoms with E-state index in [0.717, 1.165) is 0 Å². The highest BCUT2D eigenvalue weighted by molar-refractivity contribution is 9.10. The summed E-state index contributed by atoms with van der Waals surface area (Å²) in [6.07, 6.45) is 3.47. The minimum atomic E-state index is -0.622. The van der Waals surface area contributed by atoms with Crippen molar-refractivity contribution in [3.8, 4) is 5.75 Å². The first kappa shape index (κ1) is 11.2. The zero-order chi connectivity index (χ0) is 10.6. The van der Waals surface area contributed by atoms with Gasteiger partial charge >= 0.3 is 0 Å². The van der Waals surface area contributed by atoms with Gasteiger partial charge in [-0.15, -0.1) is 0 Å². The molecular weight excluding hydrogens is 249 g/mol. The molecule has 0 amide bonds. The van der Waals surface area contributed by atoms with E-state index in [0.29, 0.717) is 16.6 Å². The van der Waals surface area contributed by atoms with E-state index in [2.05, 4.69) is 21.2 Å². The summed E-state index contributed by atoms with van der Waals surface area (Å²) in [7, 11) is 1.81. The van der Waals surface area contributed by atoms with Crippen LogP contribution in [-0.4, -0.2) is 18.7 Å². The fraction of sp³-hybridized carbons (Fsp3) is 0.200. The van der Waals surface area contributed by atoms with E-state index in [1.165, 1.54) is 6.07 Å². The van der Waals surface area contributed by atoms with E-state index >= 15 is 0 Å². The Bertz CT molecular complexity index is 352. The minimum Gasteiger partial charge on any atom is -0.504 e. The first-order valence-corrected chi connectivity index (χ1v) is 4.93. The topological polar surface area (TPSA) is 32.3 Å². The summed E-state index contributed by atoms with van der Waals surface area (Å²) in [6, 6.07) is 2.88. The van der Waals surface area contributed by atoms with Crippen molar-refractivity contribution in [2.45, 2.75) is 0 Å². The number of likely N-dealkylation sites (N-methyl/N-ethyl adjacent to an activating group) is 1. The maximum Gasteiger partial charge on any atom is 0.166 e. The number of halogens is 2. The molecule has 0 saturated heterocycles. The lowest BCUT2D eigenvalue weighted by molar-refractivity contribution is 0.431. The summed E-state index contributed by atoms with van der Waals surface area (Å²) >= 11 is 3.16. The molecule has 1 aromatic carbocycles. The molecule has 0 fully saturated rings. The van der Waals surface area contributed by atoms with Gasteiger partial charge in [-0.2, -0.15) is 0 Å². The Balaban J connectivity index is 2.96. The summed E-state index contributed by atoms with van der Waals surface area (Å²) in [5.41, 5.74) is 0.465. The van der Waals surface area contributed by atoms with Crippen LogP contribution in [0.1, 0.15) is 5.56 Å². The Hall–Kier alpha value is -0.870. The number of phenolic OH excluding ortho intramolecular Hbond substituents is 1. The zero-order valence-electron chi connectivity index (χ0n) is 7.72. The van der Waals surface area contributed by atoms with Crippen LogP contribution in [-0.2, 0) is 0 Å².